The summed E-state index contributed by atoms with van der Waals surface area (Å²) in [7, 11) is 3.26. The Labute approximate surface area is 135 Å². The standard InChI is InChI=1S/C19H18N2O2/c1-22-18-10-8-16(19(12-18)23-2)13-20-21-17-9-7-14-5-3-4-6-15(14)11-17/h3-13,21H,1-2H3/b20-13+. The zero-order valence-electron chi connectivity index (χ0n) is 13.1. The Hall–Kier alpha value is -3.01. The number of fused-ring (bicyclic) bond motifs is 1. The molecule has 3 aromatic rings. The highest BCUT2D eigenvalue weighted by atomic mass is 16.5. The second-order valence-corrected chi connectivity index (χ2v) is 5.04. The number of nitrogens with one attached hydrogen (secondary N) is 1. The lowest BCUT2D eigenvalue weighted by atomic mass is 10.1. The van der Waals surface area contributed by atoms with Crippen LogP contribution in [0.4, 0.5) is 5.69 Å². The number of hydrazone groups is 1. The van der Waals surface area contributed by atoms with E-state index in [1.54, 1.807) is 20.4 Å². The van der Waals surface area contributed by atoms with Gasteiger partial charge in [0.15, 0.2) is 0 Å². The van der Waals surface area contributed by atoms with Crippen LogP contribution in [-0.4, -0.2) is 20.4 Å². The molecular weight excluding hydrogens is 288 g/mol. The van der Waals surface area contributed by atoms with Crippen LogP contribution in [0.25, 0.3) is 10.8 Å². The predicted octanol–water partition coefficient (Wildman–Crippen LogP) is 4.30. The second-order valence-electron chi connectivity index (χ2n) is 5.04. The number of hydrogen-bond donors (Lipinski definition) is 1. The summed E-state index contributed by atoms with van der Waals surface area (Å²) in [6.45, 7) is 0. The van der Waals surface area contributed by atoms with E-state index in [0.29, 0.717) is 5.75 Å². The van der Waals surface area contributed by atoms with Crippen molar-refractivity contribution in [2.75, 3.05) is 19.6 Å². The number of benzene rings is 3. The molecule has 3 rings (SSSR count). The summed E-state index contributed by atoms with van der Waals surface area (Å²) in [6, 6.07) is 20.0. The molecule has 0 aromatic heterocycles. The van der Waals surface area contributed by atoms with Crippen LogP contribution in [0.5, 0.6) is 11.5 Å². The highest BCUT2D eigenvalue weighted by molar-refractivity contribution is 5.87. The Kier molecular flexibility index (Phi) is 4.43. The number of nitrogens with zero attached hydrogens (tertiary/aromatic N) is 1. The van der Waals surface area contributed by atoms with Crippen LogP contribution < -0.4 is 14.9 Å². The molecule has 0 heterocycles. The number of rotatable bonds is 5. The fourth-order valence-electron chi connectivity index (χ4n) is 2.36. The zero-order chi connectivity index (χ0) is 16.1. The molecule has 0 radical (unpaired) electrons. The van der Waals surface area contributed by atoms with Crippen LogP contribution in [0.2, 0.25) is 0 Å². The van der Waals surface area contributed by atoms with E-state index in [1.807, 2.05) is 36.4 Å². The van der Waals surface area contributed by atoms with E-state index in [1.165, 1.54) is 10.8 Å². The monoisotopic (exact) mass is 306 g/mol. The molecule has 0 aliphatic heterocycles. The van der Waals surface area contributed by atoms with E-state index in [-0.39, 0.29) is 0 Å². The second kappa shape index (κ2) is 6.83. The molecule has 0 unspecified atom stereocenters. The summed E-state index contributed by atoms with van der Waals surface area (Å²) in [4.78, 5) is 0. The van der Waals surface area contributed by atoms with Gasteiger partial charge in [-0.15, -0.1) is 0 Å². The summed E-state index contributed by atoms with van der Waals surface area (Å²) in [5.74, 6) is 1.47. The van der Waals surface area contributed by atoms with E-state index in [0.717, 1.165) is 17.0 Å². The molecule has 0 amide bonds. The van der Waals surface area contributed by atoms with Gasteiger partial charge in [0.25, 0.3) is 0 Å². The van der Waals surface area contributed by atoms with E-state index in [9.17, 15) is 0 Å². The molecule has 116 valence electrons. The maximum Gasteiger partial charge on any atom is 0.131 e. The van der Waals surface area contributed by atoms with Crippen molar-refractivity contribution < 1.29 is 9.47 Å². The first-order chi connectivity index (χ1) is 11.3. The lowest BCUT2D eigenvalue weighted by Gasteiger charge is -2.07. The third kappa shape index (κ3) is 3.43. The Morgan fingerprint density at radius 2 is 1.70 bits per heavy atom. The predicted molar refractivity (Wildman–Crippen MR) is 94.7 cm³/mol. The maximum absolute atomic E-state index is 5.35. The summed E-state index contributed by atoms with van der Waals surface area (Å²) in [5, 5.41) is 6.67. The first-order valence-corrected chi connectivity index (χ1v) is 7.30. The van der Waals surface area contributed by atoms with Gasteiger partial charge in [-0.05, 0) is 35.0 Å². The molecule has 1 N–H and O–H groups in total. The van der Waals surface area contributed by atoms with Crippen molar-refractivity contribution in [2.24, 2.45) is 5.10 Å². The molecule has 0 aliphatic rings. The highest BCUT2D eigenvalue weighted by Gasteiger charge is 2.02. The van der Waals surface area contributed by atoms with Crippen LogP contribution in [-0.2, 0) is 0 Å². The molecule has 4 heteroatoms. The molecule has 23 heavy (non-hydrogen) atoms. The van der Waals surface area contributed by atoms with Gasteiger partial charge < -0.3 is 9.47 Å². The van der Waals surface area contributed by atoms with Gasteiger partial charge in [0.2, 0.25) is 0 Å². The molecule has 0 bridgehead atoms. The van der Waals surface area contributed by atoms with Crippen molar-refractivity contribution in [3.63, 3.8) is 0 Å². The van der Waals surface area contributed by atoms with E-state index in [2.05, 4.69) is 34.8 Å². The molecular formula is C19H18N2O2. The Morgan fingerprint density at radius 3 is 2.48 bits per heavy atom. The van der Waals surface area contributed by atoms with E-state index >= 15 is 0 Å². The first-order valence-electron chi connectivity index (χ1n) is 7.30. The van der Waals surface area contributed by atoms with Gasteiger partial charge in [0, 0.05) is 11.6 Å². The van der Waals surface area contributed by atoms with Crippen LogP contribution in [0, 0.1) is 0 Å². The quantitative estimate of drug-likeness (QED) is 0.564. The lowest BCUT2D eigenvalue weighted by molar-refractivity contribution is 0.394. The van der Waals surface area contributed by atoms with E-state index in [4.69, 9.17) is 9.47 Å². The van der Waals surface area contributed by atoms with Crippen LogP contribution >= 0.6 is 0 Å². The van der Waals surface area contributed by atoms with Crippen LogP contribution in [0.3, 0.4) is 0 Å². The van der Waals surface area contributed by atoms with Gasteiger partial charge in [-0.3, -0.25) is 5.43 Å². The molecule has 0 spiro atoms. The van der Waals surface area contributed by atoms with Gasteiger partial charge in [-0.2, -0.15) is 5.10 Å². The number of ether oxygens (including phenoxy) is 2. The molecule has 0 saturated heterocycles. The summed E-state index contributed by atoms with van der Waals surface area (Å²) in [6.07, 6.45) is 1.73. The van der Waals surface area contributed by atoms with Gasteiger partial charge in [-0.1, -0.05) is 30.3 Å². The average Bonchev–Trinajstić information content (AvgIpc) is 2.61. The van der Waals surface area contributed by atoms with Gasteiger partial charge in [0.1, 0.15) is 11.5 Å². The van der Waals surface area contributed by atoms with E-state index < -0.39 is 0 Å². The molecule has 0 saturated carbocycles. The molecule has 0 fully saturated rings. The minimum absolute atomic E-state index is 0.716. The van der Waals surface area contributed by atoms with Crippen LogP contribution in [0.15, 0.2) is 65.8 Å². The fraction of sp³-hybridized carbons (Fsp3) is 0.105. The SMILES string of the molecule is COc1ccc(/C=N/Nc2ccc3ccccc3c2)c(OC)c1. The van der Waals surface area contributed by atoms with Crippen molar-refractivity contribution in [2.45, 2.75) is 0 Å². The van der Waals surface area contributed by atoms with Gasteiger partial charge in [0.05, 0.1) is 26.1 Å². The molecule has 0 aliphatic carbocycles. The summed E-state index contributed by atoms with van der Waals surface area (Å²) < 4.78 is 10.5. The third-order valence-electron chi connectivity index (χ3n) is 3.59. The maximum atomic E-state index is 5.35. The van der Waals surface area contributed by atoms with Crippen LogP contribution in [0.1, 0.15) is 5.56 Å². The Morgan fingerprint density at radius 1 is 0.870 bits per heavy atom. The largest absolute Gasteiger partial charge is 0.497 e. The molecule has 4 nitrogen and oxygen atoms in total. The fourth-order valence-corrected chi connectivity index (χ4v) is 2.36. The number of methoxy groups -OCH3 is 2. The normalized spacial score (nSPS) is 10.9. The topological polar surface area (TPSA) is 42.8 Å². The number of anilines is 1. The average molecular weight is 306 g/mol. The van der Waals surface area contributed by atoms with Crippen molar-refractivity contribution in [1.82, 2.24) is 0 Å². The smallest absolute Gasteiger partial charge is 0.131 e. The van der Waals surface area contributed by atoms with Crippen molar-refractivity contribution in [3.8, 4) is 11.5 Å². The number of hydrogen-bond acceptors (Lipinski definition) is 4. The highest BCUT2D eigenvalue weighted by Crippen LogP contribution is 2.23. The third-order valence-corrected chi connectivity index (χ3v) is 3.59. The van der Waals surface area contributed by atoms with Crippen molar-refractivity contribution >= 4 is 22.7 Å². The lowest BCUT2D eigenvalue weighted by Crippen LogP contribution is -1.95. The van der Waals surface area contributed by atoms with Gasteiger partial charge >= 0.3 is 0 Å². The Balaban J connectivity index is 1.77. The molecule has 3 aromatic carbocycles. The summed E-state index contributed by atoms with van der Waals surface area (Å²) in [5.41, 5.74) is 4.86. The van der Waals surface area contributed by atoms with Gasteiger partial charge in [-0.25, -0.2) is 0 Å². The van der Waals surface area contributed by atoms with Crippen molar-refractivity contribution in [1.29, 1.82) is 0 Å². The minimum atomic E-state index is 0.716. The zero-order valence-corrected chi connectivity index (χ0v) is 13.1. The molecule has 0 atom stereocenters. The Bertz CT molecular complexity index is 844. The minimum Gasteiger partial charge on any atom is -0.497 e. The summed E-state index contributed by atoms with van der Waals surface area (Å²) >= 11 is 0. The first kappa shape index (κ1) is 14.9. The van der Waals surface area contributed by atoms with Crippen molar-refractivity contribution in [3.05, 3.63) is 66.2 Å².